The van der Waals surface area contributed by atoms with Crippen molar-refractivity contribution in [1.82, 2.24) is 0 Å². The molecule has 0 aliphatic heterocycles. The van der Waals surface area contributed by atoms with Gasteiger partial charge >= 0.3 is 0 Å². The van der Waals surface area contributed by atoms with Crippen LogP contribution in [0.5, 0.6) is 0 Å². The molecule has 4 rings (SSSR count). The summed E-state index contributed by atoms with van der Waals surface area (Å²) in [7, 11) is 0. The molecule has 0 saturated carbocycles. The molecule has 0 heterocycles. The smallest absolute Gasteiger partial charge is 0.0667 e. The number of aryl methyl sites for hydroxylation is 3. The summed E-state index contributed by atoms with van der Waals surface area (Å²) >= 11 is 0. The van der Waals surface area contributed by atoms with Gasteiger partial charge in [-0.1, -0.05) is 18.2 Å². The zero-order valence-corrected chi connectivity index (χ0v) is 19.0. The van der Waals surface area contributed by atoms with Crippen LogP contribution in [0.4, 0.5) is 28.4 Å². The Morgan fingerprint density at radius 1 is 0.750 bits per heavy atom. The Morgan fingerprint density at radius 3 is 2.28 bits per heavy atom. The van der Waals surface area contributed by atoms with Crippen LogP contribution in [0, 0.1) is 20.8 Å². The topological polar surface area (TPSA) is 62.8 Å². The molecular weight excluding hydrogens is 392 g/mol. The molecular formula is C28H28N4. The molecule has 0 spiro atoms. The number of anilines is 3. The number of hydrogen-bond donors (Lipinski definition) is 2. The van der Waals surface area contributed by atoms with Crippen molar-refractivity contribution in [3.8, 4) is 0 Å². The van der Waals surface area contributed by atoms with Crippen molar-refractivity contribution in [2.45, 2.75) is 27.7 Å². The van der Waals surface area contributed by atoms with Crippen LogP contribution in [0.25, 0.3) is 0 Å². The first-order valence-corrected chi connectivity index (χ1v) is 10.7. The highest BCUT2D eigenvalue weighted by Crippen LogP contribution is 2.27. The first kappa shape index (κ1) is 21.3. The van der Waals surface area contributed by atoms with Crippen LogP contribution >= 0.6 is 0 Å². The average molecular weight is 421 g/mol. The Bertz CT molecular complexity index is 1290. The van der Waals surface area contributed by atoms with Crippen molar-refractivity contribution in [1.29, 1.82) is 0 Å². The molecule has 3 aromatic rings. The van der Waals surface area contributed by atoms with Gasteiger partial charge in [0.1, 0.15) is 0 Å². The fourth-order valence-corrected chi connectivity index (χ4v) is 3.57. The highest BCUT2D eigenvalue weighted by atomic mass is 14.9. The van der Waals surface area contributed by atoms with E-state index in [4.69, 9.17) is 15.7 Å². The minimum absolute atomic E-state index is 0.783. The predicted molar refractivity (Wildman–Crippen MR) is 138 cm³/mol. The second-order valence-corrected chi connectivity index (χ2v) is 8.18. The summed E-state index contributed by atoms with van der Waals surface area (Å²) in [6.07, 6.45) is 6.10. The van der Waals surface area contributed by atoms with Gasteiger partial charge in [0.15, 0.2) is 0 Å². The van der Waals surface area contributed by atoms with Crippen LogP contribution in [0.3, 0.4) is 0 Å². The van der Waals surface area contributed by atoms with E-state index >= 15 is 0 Å². The molecule has 0 bridgehead atoms. The maximum atomic E-state index is 5.91. The van der Waals surface area contributed by atoms with Gasteiger partial charge in [-0.25, -0.2) is 9.98 Å². The lowest BCUT2D eigenvalue weighted by atomic mass is 10.0. The Labute approximate surface area is 189 Å². The van der Waals surface area contributed by atoms with Crippen LogP contribution in [0.2, 0.25) is 0 Å². The number of nitrogens with one attached hydrogen (secondary N) is 1. The number of nitrogens with two attached hydrogens (primary N) is 1. The number of benzene rings is 3. The summed E-state index contributed by atoms with van der Waals surface area (Å²) in [6, 6.07) is 20.4. The highest BCUT2D eigenvalue weighted by Gasteiger charge is 2.08. The van der Waals surface area contributed by atoms with E-state index in [1.54, 1.807) is 0 Å². The third-order valence-corrected chi connectivity index (χ3v) is 5.55. The quantitative estimate of drug-likeness (QED) is 0.343. The van der Waals surface area contributed by atoms with E-state index in [1.165, 1.54) is 5.56 Å². The van der Waals surface area contributed by atoms with Gasteiger partial charge in [0.05, 0.1) is 22.8 Å². The molecule has 3 N–H and O–H groups in total. The van der Waals surface area contributed by atoms with Crippen molar-refractivity contribution in [2.24, 2.45) is 9.98 Å². The molecule has 0 radical (unpaired) electrons. The summed E-state index contributed by atoms with van der Waals surface area (Å²) in [5, 5.41) is 3.49. The van der Waals surface area contributed by atoms with Gasteiger partial charge in [-0.2, -0.15) is 0 Å². The molecule has 3 aromatic carbocycles. The molecule has 0 aromatic heterocycles. The number of allylic oxidation sites excluding steroid dienone is 4. The zero-order valence-electron chi connectivity index (χ0n) is 19.0. The van der Waals surface area contributed by atoms with Gasteiger partial charge in [-0.05, 0) is 111 Å². The summed E-state index contributed by atoms with van der Waals surface area (Å²) in [4.78, 5) is 9.62. The molecule has 0 saturated heterocycles. The van der Waals surface area contributed by atoms with Crippen molar-refractivity contribution >= 4 is 39.9 Å². The number of nitrogen functional groups attached to an aromatic ring is 1. The molecule has 0 amide bonds. The van der Waals surface area contributed by atoms with Crippen molar-refractivity contribution in [3.63, 3.8) is 0 Å². The number of rotatable bonds is 4. The Morgan fingerprint density at radius 2 is 1.56 bits per heavy atom. The number of aliphatic imine (C=N–C) groups is 2. The zero-order chi connectivity index (χ0) is 22.7. The van der Waals surface area contributed by atoms with E-state index in [0.717, 1.165) is 56.6 Å². The lowest BCUT2D eigenvalue weighted by Crippen LogP contribution is -2.05. The van der Waals surface area contributed by atoms with Gasteiger partial charge in [-0.3, -0.25) is 0 Å². The van der Waals surface area contributed by atoms with Crippen LogP contribution in [-0.2, 0) is 0 Å². The van der Waals surface area contributed by atoms with Crippen molar-refractivity contribution in [3.05, 3.63) is 101 Å². The summed E-state index contributed by atoms with van der Waals surface area (Å²) in [5.74, 6) is 0. The van der Waals surface area contributed by atoms with E-state index in [2.05, 4.69) is 62.5 Å². The van der Waals surface area contributed by atoms with Gasteiger partial charge in [0, 0.05) is 17.1 Å². The maximum absolute atomic E-state index is 5.91. The van der Waals surface area contributed by atoms with Crippen molar-refractivity contribution < 1.29 is 0 Å². The van der Waals surface area contributed by atoms with Gasteiger partial charge in [0.2, 0.25) is 0 Å². The van der Waals surface area contributed by atoms with Gasteiger partial charge < -0.3 is 11.1 Å². The fraction of sp³-hybridized carbons (Fsp3) is 0.143. The SMILES string of the molecule is CC1=CC(=Nc2ccc(Nc3ccccc3C)cc2C)C=CC1=Nc1ccc(N)c(C)c1. The van der Waals surface area contributed by atoms with E-state index < -0.39 is 0 Å². The van der Waals surface area contributed by atoms with E-state index in [9.17, 15) is 0 Å². The lowest BCUT2D eigenvalue weighted by Gasteiger charge is -2.12. The molecule has 0 fully saturated rings. The maximum Gasteiger partial charge on any atom is 0.0667 e. The van der Waals surface area contributed by atoms with Gasteiger partial charge in [0.25, 0.3) is 0 Å². The van der Waals surface area contributed by atoms with Gasteiger partial charge in [-0.15, -0.1) is 0 Å². The van der Waals surface area contributed by atoms with Crippen LogP contribution < -0.4 is 11.1 Å². The van der Waals surface area contributed by atoms with E-state index in [0.29, 0.717) is 0 Å². The van der Waals surface area contributed by atoms with Crippen LogP contribution in [-0.4, -0.2) is 11.4 Å². The Hall–Kier alpha value is -3.92. The fourth-order valence-electron chi connectivity index (χ4n) is 3.57. The van der Waals surface area contributed by atoms with Crippen LogP contribution in [0.1, 0.15) is 23.6 Å². The van der Waals surface area contributed by atoms with Crippen LogP contribution in [0.15, 0.2) is 94.4 Å². The monoisotopic (exact) mass is 420 g/mol. The Balaban J connectivity index is 1.53. The second-order valence-electron chi connectivity index (χ2n) is 8.18. The third-order valence-electron chi connectivity index (χ3n) is 5.55. The molecule has 32 heavy (non-hydrogen) atoms. The number of nitrogens with zero attached hydrogens (tertiary/aromatic N) is 2. The minimum Gasteiger partial charge on any atom is -0.399 e. The third kappa shape index (κ3) is 4.86. The van der Waals surface area contributed by atoms with E-state index in [-0.39, 0.29) is 0 Å². The average Bonchev–Trinajstić information content (AvgIpc) is 2.76. The molecule has 0 atom stereocenters. The first-order chi connectivity index (χ1) is 15.4. The van der Waals surface area contributed by atoms with Crippen molar-refractivity contribution in [2.75, 3.05) is 11.1 Å². The second kappa shape index (κ2) is 9.06. The molecule has 4 heteroatoms. The summed E-state index contributed by atoms with van der Waals surface area (Å²) in [6.45, 7) is 8.24. The largest absolute Gasteiger partial charge is 0.399 e. The molecule has 4 nitrogen and oxygen atoms in total. The standard InChI is InChI=1S/C28H28N4/c1-18-7-5-6-8-26(18)30-23-10-13-28(20(3)16-23)32-24-11-14-27(21(4)17-24)31-22-9-12-25(29)19(2)15-22/h5-17,30H,29H2,1-4H3. The normalized spacial score (nSPS) is 15.8. The molecule has 1 aliphatic rings. The Kier molecular flexibility index (Phi) is 6.04. The summed E-state index contributed by atoms with van der Waals surface area (Å²) < 4.78 is 0. The first-order valence-electron chi connectivity index (χ1n) is 10.7. The number of para-hydroxylation sites is 1. The summed E-state index contributed by atoms with van der Waals surface area (Å²) in [5.41, 5.74) is 17.0. The highest BCUT2D eigenvalue weighted by molar-refractivity contribution is 6.22. The predicted octanol–water partition coefficient (Wildman–Crippen LogP) is 7.30. The molecule has 160 valence electrons. The number of hydrogen-bond acceptors (Lipinski definition) is 4. The molecule has 1 aliphatic carbocycles. The van der Waals surface area contributed by atoms with E-state index in [1.807, 2.05) is 49.4 Å². The lowest BCUT2D eigenvalue weighted by molar-refractivity contribution is 1.37. The molecule has 0 unspecified atom stereocenters. The minimum atomic E-state index is 0.783.